The highest BCUT2D eigenvalue weighted by atomic mass is 32.1. The minimum Gasteiger partial charge on any atom is -0.455 e. The lowest BCUT2D eigenvalue weighted by molar-refractivity contribution is 0.672. The Labute approximate surface area is 313 Å². The normalized spacial score (nSPS) is 12.0. The Kier molecular flexibility index (Phi) is 8.61. The van der Waals surface area contributed by atoms with Crippen LogP contribution in [0.25, 0.3) is 78.2 Å². The van der Waals surface area contributed by atoms with Crippen molar-refractivity contribution in [3.63, 3.8) is 0 Å². The van der Waals surface area contributed by atoms with Crippen molar-refractivity contribution >= 4 is 89.8 Å². The number of hydrogen-bond acceptors (Lipinski definition) is 3. The topological polar surface area (TPSA) is 16.4 Å². The molecule has 0 unspecified atom stereocenters. The number of anilines is 2. The van der Waals surface area contributed by atoms with Crippen molar-refractivity contribution in [3.8, 4) is 11.1 Å². The lowest BCUT2D eigenvalue weighted by Crippen LogP contribution is -2.09. The molecule has 0 aliphatic heterocycles. The fourth-order valence-corrected chi connectivity index (χ4v) is 8.07. The second kappa shape index (κ2) is 14.1. The first-order chi connectivity index (χ1) is 26.2. The number of thiophene rings is 1. The van der Waals surface area contributed by atoms with Gasteiger partial charge in [0, 0.05) is 38.3 Å². The van der Waals surface area contributed by atoms with Crippen molar-refractivity contribution < 1.29 is 4.42 Å². The zero-order valence-corrected chi connectivity index (χ0v) is 29.8. The summed E-state index contributed by atoms with van der Waals surface area (Å²) in [6.45, 7) is 4.00. The molecular formula is C50H35NOS. The number of hydrogen-bond donors (Lipinski definition) is 0. The van der Waals surface area contributed by atoms with E-state index in [9.17, 15) is 0 Å². The first-order valence-corrected chi connectivity index (χ1v) is 18.6. The lowest BCUT2D eigenvalue weighted by atomic mass is 9.99. The summed E-state index contributed by atoms with van der Waals surface area (Å²) in [5, 5.41) is 8.04. The van der Waals surface area contributed by atoms with Gasteiger partial charge < -0.3 is 9.32 Å². The summed E-state index contributed by atoms with van der Waals surface area (Å²) in [5.74, 6) is 0. The molecule has 53 heavy (non-hydrogen) atoms. The molecule has 0 spiro atoms. The summed E-state index contributed by atoms with van der Waals surface area (Å²) in [6, 6.07) is 53.5. The Morgan fingerprint density at radius 1 is 0.566 bits per heavy atom. The SMILES string of the molecule is C=Cc1ccccc1/C=C/c1cccc(N(/C=C/C=C\c2csc3ccccc23)c2ccccc2-c2ccc3oc4c5ccccc5ccc4c3c2)c1. The Balaban J connectivity index is 1.14. The van der Waals surface area contributed by atoms with Gasteiger partial charge in [-0.2, -0.15) is 0 Å². The van der Waals surface area contributed by atoms with E-state index in [4.69, 9.17) is 4.42 Å². The van der Waals surface area contributed by atoms with Crippen LogP contribution < -0.4 is 4.90 Å². The summed E-state index contributed by atoms with van der Waals surface area (Å²) in [6.07, 6.45) is 14.8. The minimum absolute atomic E-state index is 0.887. The van der Waals surface area contributed by atoms with Gasteiger partial charge in [0.05, 0.1) is 5.69 Å². The molecule has 0 saturated heterocycles. The minimum atomic E-state index is 0.887. The van der Waals surface area contributed by atoms with Gasteiger partial charge in [0.25, 0.3) is 0 Å². The van der Waals surface area contributed by atoms with Gasteiger partial charge in [-0.05, 0) is 92.5 Å². The van der Waals surface area contributed by atoms with Crippen LogP contribution in [0.3, 0.4) is 0 Å². The zero-order valence-electron chi connectivity index (χ0n) is 29.0. The van der Waals surface area contributed by atoms with Crippen LogP contribution in [0, 0.1) is 0 Å². The number of allylic oxidation sites excluding steroid dienone is 2. The van der Waals surface area contributed by atoms with Crippen LogP contribution in [0.1, 0.15) is 22.3 Å². The zero-order chi connectivity index (χ0) is 35.6. The summed E-state index contributed by atoms with van der Waals surface area (Å²) in [4.78, 5) is 2.28. The molecule has 0 aliphatic carbocycles. The predicted molar refractivity (Wildman–Crippen MR) is 231 cm³/mol. The molecule has 0 aliphatic rings. The Morgan fingerprint density at radius 3 is 2.30 bits per heavy atom. The van der Waals surface area contributed by atoms with Crippen molar-refractivity contribution in [1.82, 2.24) is 0 Å². The maximum atomic E-state index is 6.47. The highest BCUT2D eigenvalue weighted by Gasteiger charge is 2.16. The molecule has 2 heterocycles. The molecule has 252 valence electrons. The van der Waals surface area contributed by atoms with Crippen molar-refractivity contribution in [2.75, 3.05) is 4.90 Å². The Bertz CT molecular complexity index is 2880. The van der Waals surface area contributed by atoms with E-state index < -0.39 is 0 Å². The van der Waals surface area contributed by atoms with Gasteiger partial charge in [-0.1, -0.05) is 146 Å². The highest BCUT2D eigenvalue weighted by Crippen LogP contribution is 2.40. The molecule has 0 fully saturated rings. The van der Waals surface area contributed by atoms with E-state index in [0.717, 1.165) is 66.5 Å². The second-order valence-electron chi connectivity index (χ2n) is 13.0. The number of benzene rings is 7. The van der Waals surface area contributed by atoms with Gasteiger partial charge in [-0.25, -0.2) is 0 Å². The van der Waals surface area contributed by atoms with Gasteiger partial charge in [-0.15, -0.1) is 11.3 Å². The first-order valence-electron chi connectivity index (χ1n) is 17.8. The van der Waals surface area contributed by atoms with E-state index in [1.165, 1.54) is 21.0 Å². The van der Waals surface area contributed by atoms with Crippen LogP contribution in [0.2, 0.25) is 0 Å². The van der Waals surface area contributed by atoms with Crippen LogP contribution in [0.4, 0.5) is 11.4 Å². The van der Waals surface area contributed by atoms with Crippen LogP contribution in [0.5, 0.6) is 0 Å². The van der Waals surface area contributed by atoms with Crippen molar-refractivity contribution in [3.05, 3.63) is 204 Å². The quantitative estimate of drug-likeness (QED) is 0.110. The molecule has 0 radical (unpaired) electrons. The molecule has 2 aromatic heterocycles. The van der Waals surface area contributed by atoms with Crippen LogP contribution in [-0.2, 0) is 0 Å². The molecular weight excluding hydrogens is 663 g/mol. The third-order valence-corrected chi connectivity index (χ3v) is 10.8. The van der Waals surface area contributed by atoms with Gasteiger partial charge in [0.2, 0.25) is 0 Å². The van der Waals surface area contributed by atoms with Crippen LogP contribution >= 0.6 is 11.3 Å². The van der Waals surface area contributed by atoms with E-state index in [-0.39, 0.29) is 0 Å². The number of fused-ring (bicyclic) bond motifs is 6. The second-order valence-corrected chi connectivity index (χ2v) is 13.9. The standard InChI is InChI=1S/C50H35NOS/c1-2-36-15-3-4-16-37(36)26-25-35-14-13-19-41(32-35)51(31-12-11-18-40-34-53-49-24-10-8-21-43(40)49)47-23-9-7-20-42(47)39-28-30-48-46(33-39)45-29-27-38-17-5-6-22-44(38)50(45)52-48/h2-34H,1H2/b18-11-,26-25+,31-12+. The molecule has 0 N–H and O–H groups in total. The first kappa shape index (κ1) is 32.2. The smallest absolute Gasteiger partial charge is 0.143 e. The summed E-state index contributed by atoms with van der Waals surface area (Å²) in [5.41, 5.74) is 10.8. The van der Waals surface area contributed by atoms with E-state index in [2.05, 4.69) is 199 Å². The third-order valence-electron chi connectivity index (χ3n) is 9.79. The maximum absolute atomic E-state index is 6.47. The third kappa shape index (κ3) is 6.29. The average Bonchev–Trinajstić information content (AvgIpc) is 3.81. The molecule has 7 aromatic carbocycles. The Hall–Kier alpha value is -6.68. The molecule has 0 saturated carbocycles. The predicted octanol–water partition coefficient (Wildman–Crippen LogP) is 14.8. The molecule has 9 aromatic rings. The van der Waals surface area contributed by atoms with Crippen molar-refractivity contribution in [2.24, 2.45) is 0 Å². The van der Waals surface area contributed by atoms with Crippen molar-refractivity contribution in [2.45, 2.75) is 0 Å². The fourth-order valence-electron chi connectivity index (χ4n) is 7.14. The van der Waals surface area contributed by atoms with E-state index >= 15 is 0 Å². The molecule has 0 bridgehead atoms. The van der Waals surface area contributed by atoms with Crippen LogP contribution in [-0.4, -0.2) is 0 Å². The Morgan fingerprint density at radius 2 is 1.38 bits per heavy atom. The molecule has 0 atom stereocenters. The summed E-state index contributed by atoms with van der Waals surface area (Å²) in [7, 11) is 0. The van der Waals surface area contributed by atoms with Crippen molar-refractivity contribution in [1.29, 1.82) is 0 Å². The van der Waals surface area contributed by atoms with E-state index in [1.54, 1.807) is 11.3 Å². The monoisotopic (exact) mass is 697 g/mol. The van der Waals surface area contributed by atoms with Gasteiger partial charge in [0.15, 0.2) is 0 Å². The number of nitrogens with zero attached hydrogens (tertiary/aromatic N) is 1. The fraction of sp³-hybridized carbons (Fsp3) is 0. The van der Waals surface area contributed by atoms with Gasteiger partial charge in [-0.3, -0.25) is 0 Å². The number of para-hydroxylation sites is 1. The van der Waals surface area contributed by atoms with E-state index in [0.29, 0.717) is 0 Å². The summed E-state index contributed by atoms with van der Waals surface area (Å²) < 4.78 is 7.76. The van der Waals surface area contributed by atoms with E-state index in [1.807, 2.05) is 12.1 Å². The van der Waals surface area contributed by atoms with Crippen LogP contribution in [0.15, 0.2) is 186 Å². The lowest BCUT2D eigenvalue weighted by Gasteiger charge is -2.24. The summed E-state index contributed by atoms with van der Waals surface area (Å²) >= 11 is 1.78. The number of furan rings is 1. The largest absolute Gasteiger partial charge is 0.455 e. The molecule has 0 amide bonds. The number of rotatable bonds is 9. The maximum Gasteiger partial charge on any atom is 0.143 e. The van der Waals surface area contributed by atoms with Gasteiger partial charge >= 0.3 is 0 Å². The van der Waals surface area contributed by atoms with Gasteiger partial charge in [0.1, 0.15) is 11.2 Å². The molecule has 3 heteroatoms. The average molecular weight is 698 g/mol. The highest BCUT2D eigenvalue weighted by molar-refractivity contribution is 7.17. The molecule has 9 rings (SSSR count). The molecule has 2 nitrogen and oxygen atoms in total.